The molecule has 1 aromatic carbocycles. The van der Waals surface area contributed by atoms with Crippen LogP contribution in [-0.2, 0) is 0 Å². The van der Waals surface area contributed by atoms with Crippen molar-refractivity contribution in [3.8, 4) is 6.07 Å². The van der Waals surface area contributed by atoms with Gasteiger partial charge in [-0.15, -0.1) is 0 Å². The van der Waals surface area contributed by atoms with Gasteiger partial charge >= 0.3 is 0 Å². The Kier molecular flexibility index (Phi) is 4.07. The van der Waals surface area contributed by atoms with Crippen molar-refractivity contribution in [3.05, 3.63) is 29.6 Å². The van der Waals surface area contributed by atoms with Crippen LogP contribution in [0.5, 0.6) is 0 Å². The first kappa shape index (κ1) is 11.5. The number of halogens is 1. The molecule has 0 saturated carbocycles. The van der Waals surface area contributed by atoms with Crippen molar-refractivity contribution in [3.63, 3.8) is 0 Å². The lowest BCUT2D eigenvalue weighted by atomic mass is 10.2. The maximum Gasteiger partial charge on any atom is 0.141 e. The molecule has 0 heterocycles. The second-order valence-corrected chi connectivity index (χ2v) is 3.54. The van der Waals surface area contributed by atoms with Gasteiger partial charge in [0, 0.05) is 18.8 Å². The molecule has 0 aliphatic rings. The Bertz CT molecular complexity index is 369. The summed E-state index contributed by atoms with van der Waals surface area (Å²) in [7, 11) is 3.96. The topological polar surface area (TPSA) is 39.1 Å². The largest absolute Gasteiger partial charge is 0.384 e. The van der Waals surface area contributed by atoms with Gasteiger partial charge in [0.15, 0.2) is 0 Å². The number of hydrogen-bond acceptors (Lipinski definition) is 3. The predicted octanol–water partition coefficient (Wildman–Crippen LogP) is 1.67. The number of nitrogens with zero attached hydrogens (tertiary/aromatic N) is 2. The normalized spacial score (nSPS) is 10.1. The Morgan fingerprint density at radius 3 is 2.80 bits per heavy atom. The Labute approximate surface area is 89.1 Å². The standard InChI is InChI=1S/C11H14FN3/c1-15(2)6-5-14-10-3-4-11(12)9(7-10)8-13/h3-4,7,14H,5-6H2,1-2H3. The molecule has 0 spiro atoms. The van der Waals surface area contributed by atoms with Gasteiger partial charge in [-0.25, -0.2) is 4.39 Å². The molecule has 1 aromatic rings. The van der Waals surface area contributed by atoms with Crippen molar-refractivity contribution in [2.24, 2.45) is 0 Å². The lowest BCUT2D eigenvalue weighted by Gasteiger charge is -2.11. The molecule has 0 amide bonds. The number of nitrogens with one attached hydrogen (secondary N) is 1. The van der Waals surface area contributed by atoms with Crippen LogP contribution in [0.25, 0.3) is 0 Å². The minimum absolute atomic E-state index is 0.0739. The molecular weight excluding hydrogens is 193 g/mol. The summed E-state index contributed by atoms with van der Waals surface area (Å²) in [4.78, 5) is 2.04. The number of benzene rings is 1. The summed E-state index contributed by atoms with van der Waals surface area (Å²) in [6.45, 7) is 1.66. The molecule has 0 aliphatic heterocycles. The Balaban J connectivity index is 2.60. The molecular formula is C11H14FN3. The molecule has 0 saturated heterocycles. The molecule has 0 bridgehead atoms. The second kappa shape index (κ2) is 5.32. The molecule has 0 unspecified atom stereocenters. The molecule has 1 rings (SSSR count). The van der Waals surface area contributed by atoms with Gasteiger partial charge in [-0.05, 0) is 32.3 Å². The Hall–Kier alpha value is -1.60. The van der Waals surface area contributed by atoms with E-state index in [1.807, 2.05) is 25.1 Å². The van der Waals surface area contributed by atoms with E-state index in [1.165, 1.54) is 12.1 Å². The molecule has 15 heavy (non-hydrogen) atoms. The zero-order valence-corrected chi connectivity index (χ0v) is 8.92. The maximum atomic E-state index is 13.0. The van der Waals surface area contributed by atoms with Crippen LogP contribution in [0.2, 0.25) is 0 Å². The van der Waals surface area contributed by atoms with E-state index in [-0.39, 0.29) is 5.56 Å². The fourth-order valence-electron chi connectivity index (χ4n) is 1.14. The van der Waals surface area contributed by atoms with Crippen molar-refractivity contribution in [1.29, 1.82) is 5.26 Å². The van der Waals surface area contributed by atoms with Crippen LogP contribution in [0.3, 0.4) is 0 Å². The number of nitriles is 1. The van der Waals surface area contributed by atoms with Crippen LogP contribution in [0, 0.1) is 17.1 Å². The first-order valence-electron chi connectivity index (χ1n) is 4.71. The van der Waals surface area contributed by atoms with E-state index in [2.05, 4.69) is 5.32 Å². The third-order valence-corrected chi connectivity index (χ3v) is 1.97. The Morgan fingerprint density at radius 1 is 1.47 bits per heavy atom. The van der Waals surface area contributed by atoms with Crippen molar-refractivity contribution in [1.82, 2.24) is 4.90 Å². The third-order valence-electron chi connectivity index (χ3n) is 1.97. The van der Waals surface area contributed by atoms with Gasteiger partial charge in [0.25, 0.3) is 0 Å². The summed E-state index contributed by atoms with van der Waals surface area (Å²) < 4.78 is 13.0. The lowest BCUT2D eigenvalue weighted by Crippen LogP contribution is -2.20. The molecule has 80 valence electrons. The van der Waals surface area contributed by atoms with Gasteiger partial charge in [-0.1, -0.05) is 0 Å². The zero-order chi connectivity index (χ0) is 11.3. The fourth-order valence-corrected chi connectivity index (χ4v) is 1.14. The summed E-state index contributed by atoms with van der Waals surface area (Å²) in [5.41, 5.74) is 0.847. The van der Waals surface area contributed by atoms with Gasteiger partial charge in [-0.3, -0.25) is 0 Å². The highest BCUT2D eigenvalue weighted by Crippen LogP contribution is 2.13. The van der Waals surface area contributed by atoms with E-state index < -0.39 is 5.82 Å². The first-order chi connectivity index (χ1) is 7.13. The summed E-state index contributed by atoms with van der Waals surface area (Å²) in [5, 5.41) is 11.7. The number of rotatable bonds is 4. The number of anilines is 1. The van der Waals surface area contributed by atoms with E-state index in [9.17, 15) is 4.39 Å². The molecule has 0 aliphatic carbocycles. The van der Waals surface area contributed by atoms with Crippen LogP contribution in [0.4, 0.5) is 10.1 Å². The van der Waals surface area contributed by atoms with Gasteiger partial charge in [0.2, 0.25) is 0 Å². The average Bonchev–Trinajstić information content (AvgIpc) is 2.20. The summed E-state index contributed by atoms with van der Waals surface area (Å²) in [6.07, 6.45) is 0. The van der Waals surface area contributed by atoms with Crippen molar-refractivity contribution >= 4 is 5.69 Å². The molecule has 0 aromatic heterocycles. The van der Waals surface area contributed by atoms with E-state index >= 15 is 0 Å². The summed E-state index contributed by atoms with van der Waals surface area (Å²) in [5.74, 6) is -0.476. The highest BCUT2D eigenvalue weighted by Gasteiger charge is 2.01. The maximum absolute atomic E-state index is 13.0. The molecule has 0 radical (unpaired) electrons. The van der Waals surface area contributed by atoms with Crippen LogP contribution >= 0.6 is 0 Å². The average molecular weight is 207 g/mol. The van der Waals surface area contributed by atoms with E-state index in [0.29, 0.717) is 0 Å². The lowest BCUT2D eigenvalue weighted by molar-refractivity contribution is 0.425. The quantitative estimate of drug-likeness (QED) is 0.816. The van der Waals surface area contributed by atoms with Crippen LogP contribution in [0.15, 0.2) is 18.2 Å². The van der Waals surface area contributed by atoms with Gasteiger partial charge < -0.3 is 10.2 Å². The minimum Gasteiger partial charge on any atom is -0.384 e. The highest BCUT2D eigenvalue weighted by molar-refractivity contribution is 5.49. The SMILES string of the molecule is CN(C)CCNc1ccc(F)c(C#N)c1. The van der Waals surface area contributed by atoms with E-state index in [4.69, 9.17) is 5.26 Å². The second-order valence-electron chi connectivity index (χ2n) is 3.54. The van der Waals surface area contributed by atoms with Gasteiger partial charge in [0.05, 0.1) is 5.56 Å². The number of hydrogen-bond donors (Lipinski definition) is 1. The molecule has 1 N–H and O–H groups in total. The van der Waals surface area contributed by atoms with Crippen LogP contribution < -0.4 is 5.32 Å². The number of likely N-dealkylation sites (N-methyl/N-ethyl adjacent to an activating group) is 1. The van der Waals surface area contributed by atoms with E-state index in [1.54, 1.807) is 6.07 Å². The smallest absolute Gasteiger partial charge is 0.141 e. The summed E-state index contributed by atoms with van der Waals surface area (Å²) >= 11 is 0. The molecule has 0 atom stereocenters. The fraction of sp³-hybridized carbons (Fsp3) is 0.364. The van der Waals surface area contributed by atoms with Crippen molar-refractivity contribution < 1.29 is 4.39 Å². The highest BCUT2D eigenvalue weighted by atomic mass is 19.1. The molecule has 0 fully saturated rings. The zero-order valence-electron chi connectivity index (χ0n) is 8.92. The van der Waals surface area contributed by atoms with Crippen LogP contribution in [0.1, 0.15) is 5.56 Å². The molecule has 3 nitrogen and oxygen atoms in total. The van der Waals surface area contributed by atoms with Crippen molar-refractivity contribution in [2.45, 2.75) is 0 Å². The third kappa shape index (κ3) is 3.56. The minimum atomic E-state index is -0.476. The van der Waals surface area contributed by atoms with Crippen LogP contribution in [-0.4, -0.2) is 32.1 Å². The molecule has 4 heteroatoms. The Morgan fingerprint density at radius 2 is 2.20 bits per heavy atom. The first-order valence-corrected chi connectivity index (χ1v) is 4.71. The summed E-state index contributed by atoms with van der Waals surface area (Å²) in [6, 6.07) is 6.26. The van der Waals surface area contributed by atoms with Gasteiger partial charge in [-0.2, -0.15) is 5.26 Å². The predicted molar refractivity (Wildman–Crippen MR) is 58.2 cm³/mol. The van der Waals surface area contributed by atoms with Crippen molar-refractivity contribution in [2.75, 3.05) is 32.5 Å². The van der Waals surface area contributed by atoms with Gasteiger partial charge in [0.1, 0.15) is 11.9 Å². The monoisotopic (exact) mass is 207 g/mol. The van der Waals surface area contributed by atoms with E-state index in [0.717, 1.165) is 18.8 Å².